The number of nitrogens with zero attached hydrogens (tertiary/aromatic N) is 1. The van der Waals surface area contributed by atoms with Gasteiger partial charge in [0.25, 0.3) is 0 Å². The summed E-state index contributed by atoms with van der Waals surface area (Å²) in [5.41, 5.74) is 0.481. The third-order valence-electron chi connectivity index (χ3n) is 4.80. The first kappa shape index (κ1) is 25.3. The van der Waals surface area contributed by atoms with Crippen molar-refractivity contribution in [3.05, 3.63) is 23.2 Å². The van der Waals surface area contributed by atoms with Crippen LogP contribution in [0.1, 0.15) is 103 Å². The number of nitrogens with one attached hydrogen (secondary N) is 1. The second kappa shape index (κ2) is 17.2. The van der Waals surface area contributed by atoms with Gasteiger partial charge in [-0.1, -0.05) is 70.4 Å². The lowest BCUT2D eigenvalue weighted by molar-refractivity contribution is -0.136. The fraction of sp³-hybridized carbons (Fsp3) is 0.696. The molecule has 0 aliphatic rings. The Balaban J connectivity index is 1.92. The quantitative estimate of drug-likeness (QED) is 0.203. The number of aliphatic carboxylic acids is 1. The first-order valence-electron chi connectivity index (χ1n) is 11.2. The summed E-state index contributed by atoms with van der Waals surface area (Å²) in [5.74, 6) is -0.973. The van der Waals surface area contributed by atoms with E-state index in [2.05, 4.69) is 29.4 Å². The van der Waals surface area contributed by atoms with Gasteiger partial charge in [0.1, 0.15) is 0 Å². The molecule has 1 aromatic heterocycles. The summed E-state index contributed by atoms with van der Waals surface area (Å²) >= 11 is 1.27. The van der Waals surface area contributed by atoms with Crippen LogP contribution in [-0.2, 0) is 16.0 Å². The van der Waals surface area contributed by atoms with E-state index in [1.807, 2.05) is 0 Å². The Morgan fingerprint density at radius 1 is 0.966 bits per heavy atom. The summed E-state index contributed by atoms with van der Waals surface area (Å²) in [7, 11) is 0. The van der Waals surface area contributed by atoms with Gasteiger partial charge in [0.2, 0.25) is 5.91 Å². The van der Waals surface area contributed by atoms with E-state index in [-0.39, 0.29) is 12.3 Å². The number of amides is 1. The van der Waals surface area contributed by atoms with E-state index in [0.29, 0.717) is 17.2 Å². The Morgan fingerprint density at radius 2 is 1.55 bits per heavy atom. The standard InChI is InChI=1S/C23H38N2O3S/c1-2-3-4-5-6-7-8-9-10-11-12-13-14-15-16-17-21(26)25-23-24-20(19-29-23)18-22(27)28/h12-13,19H,2-11,14-18H2,1H3,(H,27,28)(H,24,25,26)/b13-12-. The third kappa shape index (κ3) is 14.9. The lowest BCUT2D eigenvalue weighted by atomic mass is 10.1. The average molecular weight is 423 g/mol. The first-order valence-corrected chi connectivity index (χ1v) is 12.1. The molecular weight excluding hydrogens is 384 g/mol. The number of carbonyl (C=O) groups excluding carboxylic acids is 1. The van der Waals surface area contributed by atoms with Crippen LogP contribution < -0.4 is 5.32 Å². The zero-order chi connectivity index (χ0) is 21.2. The molecule has 6 heteroatoms. The van der Waals surface area contributed by atoms with Crippen molar-refractivity contribution in [2.24, 2.45) is 0 Å². The number of aromatic nitrogens is 1. The minimum absolute atomic E-state index is 0.0556. The molecule has 0 saturated heterocycles. The van der Waals surface area contributed by atoms with Crippen LogP contribution in [0.15, 0.2) is 17.5 Å². The van der Waals surface area contributed by atoms with Crippen molar-refractivity contribution >= 4 is 28.3 Å². The molecule has 0 fully saturated rings. The van der Waals surface area contributed by atoms with E-state index in [1.54, 1.807) is 5.38 Å². The molecule has 1 heterocycles. The number of thiazole rings is 1. The van der Waals surface area contributed by atoms with Crippen molar-refractivity contribution in [2.45, 2.75) is 103 Å². The molecule has 29 heavy (non-hydrogen) atoms. The maximum Gasteiger partial charge on any atom is 0.309 e. The zero-order valence-corrected chi connectivity index (χ0v) is 18.8. The van der Waals surface area contributed by atoms with Crippen LogP contribution in [0.25, 0.3) is 0 Å². The third-order valence-corrected chi connectivity index (χ3v) is 5.60. The van der Waals surface area contributed by atoms with Gasteiger partial charge in [0.05, 0.1) is 12.1 Å². The molecule has 0 saturated carbocycles. The monoisotopic (exact) mass is 422 g/mol. The number of carboxylic acids is 1. The van der Waals surface area contributed by atoms with E-state index >= 15 is 0 Å². The summed E-state index contributed by atoms with van der Waals surface area (Å²) < 4.78 is 0. The first-order chi connectivity index (χ1) is 14.1. The molecule has 2 N–H and O–H groups in total. The predicted octanol–water partition coefficient (Wildman–Crippen LogP) is 6.75. The maximum absolute atomic E-state index is 11.9. The molecule has 164 valence electrons. The molecule has 1 amide bonds. The average Bonchev–Trinajstić information content (AvgIpc) is 3.10. The SMILES string of the molecule is CCCCCCCCCCC/C=C\CCCCC(=O)Nc1nc(CC(=O)O)cs1. The normalized spacial score (nSPS) is 11.2. The lowest BCUT2D eigenvalue weighted by Crippen LogP contribution is -2.11. The van der Waals surface area contributed by atoms with Gasteiger partial charge < -0.3 is 10.4 Å². The molecule has 5 nitrogen and oxygen atoms in total. The van der Waals surface area contributed by atoms with Crippen molar-refractivity contribution in [2.75, 3.05) is 5.32 Å². The van der Waals surface area contributed by atoms with Gasteiger partial charge in [-0.05, 0) is 32.1 Å². The number of hydrogen-bond donors (Lipinski definition) is 2. The Bertz CT molecular complexity index is 599. The number of hydrogen-bond acceptors (Lipinski definition) is 4. The van der Waals surface area contributed by atoms with Crippen LogP contribution in [0.3, 0.4) is 0 Å². The van der Waals surface area contributed by atoms with Crippen LogP contribution in [0.4, 0.5) is 5.13 Å². The van der Waals surface area contributed by atoms with Gasteiger partial charge in [0.15, 0.2) is 5.13 Å². The second-order valence-electron chi connectivity index (χ2n) is 7.60. The van der Waals surface area contributed by atoms with Crippen molar-refractivity contribution < 1.29 is 14.7 Å². The molecular formula is C23H38N2O3S. The van der Waals surface area contributed by atoms with Gasteiger partial charge >= 0.3 is 5.97 Å². The van der Waals surface area contributed by atoms with Gasteiger partial charge in [-0.2, -0.15) is 0 Å². The molecule has 0 radical (unpaired) electrons. The number of unbranched alkanes of at least 4 members (excludes halogenated alkanes) is 11. The fourth-order valence-corrected chi connectivity index (χ4v) is 3.87. The lowest BCUT2D eigenvalue weighted by Gasteiger charge is -2.01. The predicted molar refractivity (Wildman–Crippen MR) is 122 cm³/mol. The van der Waals surface area contributed by atoms with E-state index in [9.17, 15) is 9.59 Å². The highest BCUT2D eigenvalue weighted by atomic mass is 32.1. The summed E-state index contributed by atoms with van der Waals surface area (Å²) in [6, 6.07) is 0. The zero-order valence-electron chi connectivity index (χ0n) is 18.0. The van der Waals surface area contributed by atoms with Crippen LogP contribution in [-0.4, -0.2) is 22.0 Å². The van der Waals surface area contributed by atoms with Crippen molar-refractivity contribution in [3.63, 3.8) is 0 Å². The highest BCUT2D eigenvalue weighted by Crippen LogP contribution is 2.16. The highest BCUT2D eigenvalue weighted by Gasteiger charge is 2.08. The van der Waals surface area contributed by atoms with Crippen LogP contribution in [0.5, 0.6) is 0 Å². The van der Waals surface area contributed by atoms with E-state index in [0.717, 1.165) is 19.3 Å². The smallest absolute Gasteiger partial charge is 0.309 e. The van der Waals surface area contributed by atoms with Gasteiger partial charge in [-0.3, -0.25) is 9.59 Å². The van der Waals surface area contributed by atoms with Crippen molar-refractivity contribution in [1.29, 1.82) is 0 Å². The largest absolute Gasteiger partial charge is 0.481 e. The van der Waals surface area contributed by atoms with Gasteiger partial charge in [0, 0.05) is 11.8 Å². The second-order valence-corrected chi connectivity index (χ2v) is 8.46. The Kier molecular flexibility index (Phi) is 15.0. The molecule has 0 aromatic carbocycles. The van der Waals surface area contributed by atoms with Gasteiger partial charge in [-0.15, -0.1) is 11.3 Å². The van der Waals surface area contributed by atoms with E-state index < -0.39 is 5.97 Å². The highest BCUT2D eigenvalue weighted by molar-refractivity contribution is 7.13. The van der Waals surface area contributed by atoms with E-state index in [1.165, 1.54) is 75.5 Å². The summed E-state index contributed by atoms with van der Waals surface area (Å²) in [6.07, 6.45) is 21.2. The summed E-state index contributed by atoms with van der Waals surface area (Å²) in [6.45, 7) is 2.26. The number of carbonyl (C=O) groups is 2. The van der Waals surface area contributed by atoms with E-state index in [4.69, 9.17) is 5.11 Å². The van der Waals surface area contributed by atoms with Crippen LogP contribution >= 0.6 is 11.3 Å². The molecule has 1 rings (SSSR count). The number of rotatable bonds is 18. The molecule has 0 atom stereocenters. The molecule has 1 aromatic rings. The molecule has 0 aliphatic heterocycles. The maximum atomic E-state index is 11.9. The number of allylic oxidation sites excluding steroid dienone is 2. The minimum Gasteiger partial charge on any atom is -0.481 e. The topological polar surface area (TPSA) is 79.3 Å². The Labute approximate surface area is 180 Å². The fourth-order valence-electron chi connectivity index (χ4n) is 3.14. The Hall–Kier alpha value is -1.69. The minimum atomic E-state index is -0.918. The Morgan fingerprint density at radius 3 is 2.17 bits per heavy atom. The van der Waals surface area contributed by atoms with Crippen molar-refractivity contribution in [1.82, 2.24) is 4.98 Å². The van der Waals surface area contributed by atoms with Crippen molar-refractivity contribution in [3.8, 4) is 0 Å². The molecule has 0 aliphatic carbocycles. The molecule has 0 spiro atoms. The summed E-state index contributed by atoms with van der Waals surface area (Å²) in [5, 5.41) is 13.6. The summed E-state index contributed by atoms with van der Waals surface area (Å²) in [4.78, 5) is 26.6. The van der Waals surface area contributed by atoms with Crippen LogP contribution in [0, 0.1) is 0 Å². The number of carboxylic acid groups (broad SMARTS) is 1. The van der Waals surface area contributed by atoms with Crippen LogP contribution in [0.2, 0.25) is 0 Å². The molecule has 0 bridgehead atoms. The van der Waals surface area contributed by atoms with Gasteiger partial charge in [-0.25, -0.2) is 4.98 Å². The number of anilines is 1. The molecule has 0 unspecified atom stereocenters.